The Morgan fingerprint density at radius 2 is 2.31 bits per heavy atom. The number of carboxylic acid groups (broad SMARTS) is 1. The van der Waals surface area contributed by atoms with E-state index < -0.39 is 5.97 Å². The first kappa shape index (κ1) is 11.4. The zero-order valence-corrected chi connectivity index (χ0v) is 9.44. The first-order valence-corrected chi connectivity index (χ1v) is 5.66. The van der Waals surface area contributed by atoms with Crippen molar-refractivity contribution in [2.45, 2.75) is 32.3 Å². The summed E-state index contributed by atoms with van der Waals surface area (Å²) < 4.78 is 5.47. The molecule has 1 spiro atoms. The molecule has 0 bridgehead atoms. The maximum Gasteiger partial charge on any atom is 0.323 e. The van der Waals surface area contributed by atoms with Gasteiger partial charge in [0.1, 0.15) is 6.54 Å². The van der Waals surface area contributed by atoms with E-state index in [1.54, 1.807) is 0 Å². The Hall–Kier alpha value is -1.10. The van der Waals surface area contributed by atoms with Crippen molar-refractivity contribution >= 4 is 11.9 Å². The molecule has 2 aliphatic rings. The second kappa shape index (κ2) is 4.05. The molecule has 1 heterocycles. The van der Waals surface area contributed by atoms with Crippen LogP contribution in [-0.2, 0) is 14.3 Å². The van der Waals surface area contributed by atoms with Gasteiger partial charge in [0, 0.05) is 25.0 Å². The molecule has 1 aliphatic carbocycles. The van der Waals surface area contributed by atoms with Crippen LogP contribution >= 0.6 is 0 Å². The Bertz CT molecular complexity index is 309. The van der Waals surface area contributed by atoms with Gasteiger partial charge in [-0.25, -0.2) is 0 Å². The first-order valence-electron chi connectivity index (χ1n) is 5.66. The van der Waals surface area contributed by atoms with E-state index >= 15 is 0 Å². The zero-order chi connectivity index (χ0) is 11.8. The van der Waals surface area contributed by atoms with E-state index in [9.17, 15) is 9.59 Å². The minimum atomic E-state index is -0.939. The van der Waals surface area contributed by atoms with Gasteiger partial charge in [-0.15, -0.1) is 0 Å². The number of aliphatic carboxylic acids is 1. The lowest BCUT2D eigenvalue weighted by Gasteiger charge is -2.44. The Balaban J connectivity index is 1.88. The highest BCUT2D eigenvalue weighted by Crippen LogP contribution is 2.49. The number of nitrogens with zero attached hydrogens (tertiary/aromatic N) is 1. The summed E-state index contributed by atoms with van der Waals surface area (Å²) >= 11 is 0. The predicted octanol–water partition coefficient (Wildman–Crippen LogP) is 0.489. The Kier molecular flexibility index (Phi) is 2.88. The van der Waals surface area contributed by atoms with Gasteiger partial charge in [0.05, 0.1) is 6.10 Å². The molecule has 1 saturated heterocycles. The lowest BCUT2D eigenvalue weighted by molar-refractivity contribution is -0.142. The quantitative estimate of drug-likeness (QED) is 0.759. The van der Waals surface area contributed by atoms with Gasteiger partial charge in [-0.1, -0.05) is 0 Å². The van der Waals surface area contributed by atoms with Gasteiger partial charge in [-0.2, -0.15) is 0 Å². The van der Waals surface area contributed by atoms with Crippen molar-refractivity contribution in [1.82, 2.24) is 4.90 Å². The molecule has 1 N–H and O–H groups in total. The lowest BCUT2D eigenvalue weighted by Crippen LogP contribution is -2.44. The molecular formula is C11H17NO4. The van der Waals surface area contributed by atoms with Crippen LogP contribution in [0.15, 0.2) is 0 Å². The smallest absolute Gasteiger partial charge is 0.323 e. The molecule has 90 valence electrons. The topological polar surface area (TPSA) is 66.8 Å². The number of carbonyl (C=O) groups is 2. The first-order chi connectivity index (χ1) is 7.54. The second-order valence-electron chi connectivity index (χ2n) is 4.81. The van der Waals surface area contributed by atoms with Crippen LogP contribution in [0.4, 0.5) is 0 Å². The van der Waals surface area contributed by atoms with Crippen LogP contribution in [0.2, 0.25) is 0 Å². The van der Waals surface area contributed by atoms with E-state index in [0.29, 0.717) is 19.6 Å². The highest BCUT2D eigenvalue weighted by atomic mass is 16.5. The molecule has 1 saturated carbocycles. The standard InChI is InChI=1S/C11H17NO4/c1-2-16-8-3-11(4-8)5-9(13)12(7-11)6-10(14)15/h8H,2-7H2,1H3,(H,14,15). The van der Waals surface area contributed by atoms with E-state index in [1.807, 2.05) is 6.92 Å². The van der Waals surface area contributed by atoms with Crippen LogP contribution < -0.4 is 0 Å². The molecule has 5 nitrogen and oxygen atoms in total. The average Bonchev–Trinajstić information content (AvgIpc) is 2.42. The fourth-order valence-electron chi connectivity index (χ4n) is 2.82. The van der Waals surface area contributed by atoms with Crippen LogP contribution in [0.25, 0.3) is 0 Å². The van der Waals surface area contributed by atoms with E-state index in [4.69, 9.17) is 9.84 Å². The molecule has 0 aromatic rings. The number of carboxylic acids is 1. The third kappa shape index (κ3) is 2.04. The fourth-order valence-corrected chi connectivity index (χ4v) is 2.82. The number of carbonyl (C=O) groups excluding carboxylic acids is 1. The average molecular weight is 227 g/mol. The van der Waals surface area contributed by atoms with Crippen molar-refractivity contribution in [3.8, 4) is 0 Å². The molecule has 16 heavy (non-hydrogen) atoms. The number of hydrogen-bond donors (Lipinski definition) is 1. The minimum absolute atomic E-state index is 0.00632. The molecular weight excluding hydrogens is 210 g/mol. The normalized spacial score (nSPS) is 33.2. The number of rotatable bonds is 4. The van der Waals surface area contributed by atoms with Gasteiger partial charge in [-0.05, 0) is 19.8 Å². The Labute approximate surface area is 94.4 Å². The van der Waals surface area contributed by atoms with E-state index in [2.05, 4.69) is 0 Å². The SMILES string of the molecule is CCOC1CC2(CC(=O)N(CC(=O)O)C2)C1. The molecule has 0 unspecified atom stereocenters. The zero-order valence-electron chi connectivity index (χ0n) is 9.44. The summed E-state index contributed by atoms with van der Waals surface area (Å²) in [7, 11) is 0. The summed E-state index contributed by atoms with van der Waals surface area (Å²) in [5, 5.41) is 8.67. The summed E-state index contributed by atoms with van der Waals surface area (Å²) in [5.74, 6) is -0.969. The van der Waals surface area contributed by atoms with Gasteiger partial charge < -0.3 is 14.7 Å². The Morgan fingerprint density at radius 1 is 1.62 bits per heavy atom. The lowest BCUT2D eigenvalue weighted by atomic mass is 9.66. The maximum absolute atomic E-state index is 11.6. The summed E-state index contributed by atoms with van der Waals surface area (Å²) in [5.41, 5.74) is 0.00632. The third-order valence-corrected chi connectivity index (χ3v) is 3.46. The molecule has 5 heteroatoms. The largest absolute Gasteiger partial charge is 0.480 e. The molecule has 0 atom stereocenters. The van der Waals surface area contributed by atoms with Crippen molar-refractivity contribution in [2.75, 3.05) is 19.7 Å². The molecule has 1 aliphatic heterocycles. The summed E-state index contributed by atoms with van der Waals surface area (Å²) in [6, 6.07) is 0. The number of amides is 1. The van der Waals surface area contributed by atoms with Crippen LogP contribution in [0.1, 0.15) is 26.2 Å². The highest BCUT2D eigenvalue weighted by molar-refractivity contribution is 5.84. The van der Waals surface area contributed by atoms with E-state index in [0.717, 1.165) is 12.8 Å². The highest BCUT2D eigenvalue weighted by Gasteiger charge is 2.52. The number of ether oxygens (including phenoxy) is 1. The predicted molar refractivity (Wildman–Crippen MR) is 55.9 cm³/mol. The third-order valence-electron chi connectivity index (χ3n) is 3.46. The van der Waals surface area contributed by atoms with Crippen molar-refractivity contribution in [1.29, 1.82) is 0 Å². The summed E-state index contributed by atoms with van der Waals surface area (Å²) in [4.78, 5) is 23.6. The molecule has 2 rings (SSSR count). The summed E-state index contributed by atoms with van der Waals surface area (Å²) in [6.45, 7) is 3.08. The van der Waals surface area contributed by atoms with E-state index in [1.165, 1.54) is 4.90 Å². The van der Waals surface area contributed by atoms with Crippen LogP contribution in [0.5, 0.6) is 0 Å². The number of likely N-dealkylation sites (tertiary alicyclic amines) is 1. The van der Waals surface area contributed by atoms with Gasteiger partial charge in [0.15, 0.2) is 0 Å². The van der Waals surface area contributed by atoms with Crippen molar-refractivity contribution in [3.05, 3.63) is 0 Å². The molecule has 0 aromatic heterocycles. The van der Waals surface area contributed by atoms with Crippen molar-refractivity contribution < 1.29 is 19.4 Å². The second-order valence-corrected chi connectivity index (χ2v) is 4.81. The van der Waals surface area contributed by atoms with Crippen LogP contribution in [-0.4, -0.2) is 47.7 Å². The van der Waals surface area contributed by atoms with E-state index in [-0.39, 0.29) is 24.0 Å². The summed E-state index contributed by atoms with van der Waals surface area (Å²) in [6.07, 6.45) is 2.54. The monoisotopic (exact) mass is 227 g/mol. The molecule has 0 radical (unpaired) electrons. The number of hydrogen-bond acceptors (Lipinski definition) is 3. The van der Waals surface area contributed by atoms with Crippen LogP contribution in [0, 0.1) is 5.41 Å². The molecule has 0 aromatic carbocycles. The van der Waals surface area contributed by atoms with Crippen molar-refractivity contribution in [3.63, 3.8) is 0 Å². The molecule has 2 fully saturated rings. The minimum Gasteiger partial charge on any atom is -0.480 e. The fraction of sp³-hybridized carbons (Fsp3) is 0.818. The van der Waals surface area contributed by atoms with Gasteiger partial charge in [0.25, 0.3) is 0 Å². The maximum atomic E-state index is 11.6. The van der Waals surface area contributed by atoms with Crippen molar-refractivity contribution in [2.24, 2.45) is 5.41 Å². The Morgan fingerprint density at radius 3 is 2.88 bits per heavy atom. The van der Waals surface area contributed by atoms with Crippen LogP contribution in [0.3, 0.4) is 0 Å². The van der Waals surface area contributed by atoms with Gasteiger partial charge >= 0.3 is 5.97 Å². The van der Waals surface area contributed by atoms with Gasteiger partial charge in [-0.3, -0.25) is 9.59 Å². The van der Waals surface area contributed by atoms with Gasteiger partial charge in [0.2, 0.25) is 5.91 Å². The molecule has 1 amide bonds.